The Balaban J connectivity index is 2.20. The molecular formula is C11H9NO6S. The Morgan fingerprint density at radius 2 is 1.89 bits per heavy atom. The number of ether oxygens (including phenoxy) is 1. The quantitative estimate of drug-likeness (QED) is 0.833. The molecule has 0 radical (unpaired) electrons. The van der Waals surface area contributed by atoms with Crippen molar-refractivity contribution >= 4 is 22.2 Å². The van der Waals surface area contributed by atoms with E-state index in [1.165, 1.54) is 24.3 Å². The molecule has 2 rings (SSSR count). The van der Waals surface area contributed by atoms with Crippen molar-refractivity contribution in [2.45, 2.75) is 0 Å². The number of phenols is 1. The molecule has 0 atom stereocenters. The van der Waals surface area contributed by atoms with Gasteiger partial charge in [-0.15, -0.1) is 0 Å². The van der Waals surface area contributed by atoms with Crippen LogP contribution in [0.15, 0.2) is 39.1 Å². The van der Waals surface area contributed by atoms with Gasteiger partial charge >= 0.3 is 5.97 Å². The highest BCUT2D eigenvalue weighted by molar-refractivity contribution is 7.94. The van der Waals surface area contributed by atoms with E-state index >= 15 is 0 Å². The van der Waals surface area contributed by atoms with E-state index < -0.39 is 33.1 Å². The maximum Gasteiger partial charge on any atom is 0.338 e. The summed E-state index contributed by atoms with van der Waals surface area (Å²) in [5.41, 5.74) is -0.404. The topological polar surface area (TPSA) is 113 Å². The van der Waals surface area contributed by atoms with Gasteiger partial charge in [-0.1, -0.05) is 0 Å². The SMILES string of the molecule is O=C(O)C1=C(COc2ccc(O)cc2)S(=O)(=O)N=C1. The van der Waals surface area contributed by atoms with Crippen LogP contribution in [0.3, 0.4) is 0 Å². The summed E-state index contributed by atoms with van der Waals surface area (Å²) in [6, 6.07) is 5.58. The Labute approximate surface area is 108 Å². The number of carboxylic acids is 1. The lowest BCUT2D eigenvalue weighted by atomic mass is 10.3. The average molecular weight is 283 g/mol. The molecule has 1 aromatic carbocycles. The molecule has 7 nitrogen and oxygen atoms in total. The minimum Gasteiger partial charge on any atom is -0.508 e. The molecule has 2 N–H and O–H groups in total. The monoisotopic (exact) mass is 283 g/mol. The van der Waals surface area contributed by atoms with Crippen LogP contribution in [0, 0.1) is 0 Å². The fourth-order valence-electron chi connectivity index (χ4n) is 1.41. The summed E-state index contributed by atoms with van der Waals surface area (Å²) in [6.07, 6.45) is 0.785. The third-order valence-corrected chi connectivity index (χ3v) is 3.71. The van der Waals surface area contributed by atoms with Gasteiger partial charge in [0.1, 0.15) is 23.0 Å². The van der Waals surface area contributed by atoms with Gasteiger partial charge in [0.2, 0.25) is 0 Å². The Bertz CT molecular complexity index is 672. The normalized spacial score (nSPS) is 16.6. The van der Waals surface area contributed by atoms with Gasteiger partial charge < -0.3 is 14.9 Å². The second-order valence-corrected chi connectivity index (χ2v) is 5.29. The molecule has 0 amide bonds. The number of aliphatic carboxylic acids is 1. The molecule has 1 aliphatic rings. The highest BCUT2D eigenvalue weighted by Crippen LogP contribution is 2.22. The Morgan fingerprint density at radius 3 is 2.47 bits per heavy atom. The largest absolute Gasteiger partial charge is 0.508 e. The molecule has 0 fully saturated rings. The van der Waals surface area contributed by atoms with Crippen LogP contribution < -0.4 is 4.74 Å². The molecule has 8 heteroatoms. The molecule has 0 saturated carbocycles. The van der Waals surface area contributed by atoms with Crippen molar-refractivity contribution in [1.29, 1.82) is 0 Å². The Morgan fingerprint density at radius 1 is 1.26 bits per heavy atom. The summed E-state index contributed by atoms with van der Waals surface area (Å²) in [4.78, 5) is 10.5. The van der Waals surface area contributed by atoms with Gasteiger partial charge in [0.05, 0.1) is 11.8 Å². The first-order valence-corrected chi connectivity index (χ1v) is 6.53. The number of carboxylic acid groups (broad SMARTS) is 1. The van der Waals surface area contributed by atoms with E-state index in [9.17, 15) is 13.2 Å². The summed E-state index contributed by atoms with van der Waals surface area (Å²) in [6.45, 7) is -0.436. The summed E-state index contributed by atoms with van der Waals surface area (Å²) >= 11 is 0. The fraction of sp³-hybridized carbons (Fsp3) is 0.0909. The lowest BCUT2D eigenvalue weighted by molar-refractivity contribution is -0.132. The van der Waals surface area contributed by atoms with Gasteiger partial charge in [-0.05, 0) is 24.3 Å². The van der Waals surface area contributed by atoms with Gasteiger partial charge in [-0.2, -0.15) is 12.8 Å². The molecule has 1 heterocycles. The number of aromatic hydroxyl groups is 1. The molecule has 0 saturated heterocycles. The van der Waals surface area contributed by atoms with Gasteiger partial charge in [-0.3, -0.25) is 0 Å². The maximum atomic E-state index is 11.5. The van der Waals surface area contributed by atoms with E-state index in [2.05, 4.69) is 4.40 Å². The van der Waals surface area contributed by atoms with Crippen molar-refractivity contribution < 1.29 is 28.2 Å². The zero-order valence-electron chi connectivity index (χ0n) is 9.48. The van der Waals surface area contributed by atoms with E-state index in [1.54, 1.807) is 0 Å². The third-order valence-electron chi connectivity index (χ3n) is 2.37. The average Bonchev–Trinajstić information content (AvgIpc) is 2.64. The van der Waals surface area contributed by atoms with Crippen LogP contribution in [0.4, 0.5) is 0 Å². The predicted octanol–water partition coefficient (Wildman–Crippen LogP) is 0.524. The highest BCUT2D eigenvalue weighted by Gasteiger charge is 2.30. The highest BCUT2D eigenvalue weighted by atomic mass is 32.2. The number of benzene rings is 1. The van der Waals surface area contributed by atoms with E-state index in [-0.39, 0.29) is 5.75 Å². The number of nitrogens with zero attached hydrogens (tertiary/aromatic N) is 1. The van der Waals surface area contributed by atoms with Crippen LogP contribution in [-0.4, -0.2) is 37.4 Å². The van der Waals surface area contributed by atoms with Crippen molar-refractivity contribution in [1.82, 2.24) is 0 Å². The van der Waals surface area contributed by atoms with Crippen molar-refractivity contribution in [3.05, 3.63) is 34.7 Å². The molecule has 0 unspecified atom stereocenters. The number of hydrogen-bond acceptors (Lipinski definition) is 5. The van der Waals surface area contributed by atoms with Crippen LogP contribution in [0.2, 0.25) is 0 Å². The smallest absolute Gasteiger partial charge is 0.338 e. The molecule has 0 bridgehead atoms. The Hall–Kier alpha value is -2.35. The zero-order valence-corrected chi connectivity index (χ0v) is 10.3. The van der Waals surface area contributed by atoms with Gasteiger partial charge in [-0.25, -0.2) is 4.79 Å². The first kappa shape index (κ1) is 13.1. The summed E-state index contributed by atoms with van der Waals surface area (Å²) in [5.74, 6) is -1.04. The zero-order chi connectivity index (χ0) is 14.0. The van der Waals surface area contributed by atoms with Crippen LogP contribution in [0.25, 0.3) is 0 Å². The second kappa shape index (κ2) is 4.73. The van der Waals surface area contributed by atoms with Crippen LogP contribution in [0.1, 0.15) is 0 Å². The molecule has 0 spiro atoms. The second-order valence-electron chi connectivity index (χ2n) is 3.63. The van der Waals surface area contributed by atoms with E-state index in [1.807, 2.05) is 0 Å². The van der Waals surface area contributed by atoms with Crippen molar-refractivity contribution in [2.75, 3.05) is 6.61 Å². The van der Waals surface area contributed by atoms with Crippen molar-refractivity contribution in [2.24, 2.45) is 4.40 Å². The molecule has 0 aromatic heterocycles. The molecule has 0 aliphatic carbocycles. The molecule has 19 heavy (non-hydrogen) atoms. The fourth-order valence-corrected chi connectivity index (χ4v) is 2.41. The number of phenolic OH excluding ortho intramolecular Hbond substituents is 1. The van der Waals surface area contributed by atoms with Crippen LogP contribution >= 0.6 is 0 Å². The minimum atomic E-state index is -3.97. The van der Waals surface area contributed by atoms with E-state index in [0.29, 0.717) is 5.75 Å². The first-order valence-electron chi connectivity index (χ1n) is 5.09. The standard InChI is InChI=1S/C11H9NO6S/c13-7-1-3-8(4-2-7)18-6-10-9(11(14)15)5-12-19(10,16)17/h1-5,13H,6H2,(H,14,15). The molecule has 1 aromatic rings. The number of hydrogen-bond donors (Lipinski definition) is 2. The van der Waals surface area contributed by atoms with E-state index in [0.717, 1.165) is 6.21 Å². The van der Waals surface area contributed by atoms with E-state index in [4.69, 9.17) is 14.9 Å². The Kier molecular flexibility index (Phi) is 3.26. The first-order chi connectivity index (χ1) is 8.90. The van der Waals surface area contributed by atoms with Gasteiger partial charge in [0.25, 0.3) is 10.0 Å². The van der Waals surface area contributed by atoms with Crippen molar-refractivity contribution in [3.8, 4) is 11.5 Å². The number of sulfonamides is 1. The summed E-state index contributed by atoms with van der Waals surface area (Å²) in [5, 5.41) is 17.9. The van der Waals surface area contributed by atoms with Gasteiger partial charge in [0, 0.05) is 0 Å². The lowest BCUT2D eigenvalue weighted by Crippen LogP contribution is -2.12. The summed E-state index contributed by atoms with van der Waals surface area (Å²) in [7, 11) is -3.97. The summed E-state index contributed by atoms with van der Waals surface area (Å²) < 4.78 is 31.3. The predicted molar refractivity (Wildman–Crippen MR) is 65.7 cm³/mol. The third kappa shape index (κ3) is 2.74. The molecule has 1 aliphatic heterocycles. The van der Waals surface area contributed by atoms with Crippen LogP contribution in [0.5, 0.6) is 11.5 Å². The minimum absolute atomic E-state index is 0.0367. The molecular weight excluding hydrogens is 274 g/mol. The molecule has 100 valence electrons. The van der Waals surface area contributed by atoms with Gasteiger partial charge in [0.15, 0.2) is 0 Å². The number of rotatable bonds is 4. The number of carbonyl (C=O) groups is 1. The maximum absolute atomic E-state index is 11.5. The van der Waals surface area contributed by atoms with Crippen LogP contribution in [-0.2, 0) is 14.8 Å². The lowest BCUT2D eigenvalue weighted by Gasteiger charge is -2.07. The van der Waals surface area contributed by atoms with Crippen molar-refractivity contribution in [3.63, 3.8) is 0 Å².